The lowest BCUT2D eigenvalue weighted by Gasteiger charge is -2.29. The molecule has 22 heavy (non-hydrogen) atoms. The highest BCUT2D eigenvalue weighted by Crippen LogP contribution is 2.35. The molecule has 1 heterocycles. The number of amides is 1. The molecule has 0 fully saturated rings. The van der Waals surface area contributed by atoms with E-state index in [1.807, 2.05) is 49.4 Å². The summed E-state index contributed by atoms with van der Waals surface area (Å²) in [6.45, 7) is 1.91. The van der Waals surface area contributed by atoms with Crippen LogP contribution in [0.5, 0.6) is 0 Å². The molecule has 112 valence electrons. The van der Waals surface area contributed by atoms with Crippen molar-refractivity contribution in [1.29, 1.82) is 0 Å². The summed E-state index contributed by atoms with van der Waals surface area (Å²) in [7, 11) is 0. The van der Waals surface area contributed by atoms with Gasteiger partial charge in [0.05, 0.1) is 11.4 Å². The summed E-state index contributed by atoms with van der Waals surface area (Å²) in [5.41, 5.74) is 2.53. The van der Waals surface area contributed by atoms with E-state index < -0.39 is 0 Å². The molecular weight excluding hydrogens is 336 g/mol. The van der Waals surface area contributed by atoms with Crippen LogP contribution in [0.3, 0.4) is 0 Å². The highest BCUT2D eigenvalue weighted by Gasteiger charge is 2.27. The van der Waals surface area contributed by atoms with E-state index in [2.05, 4.69) is 5.32 Å². The van der Waals surface area contributed by atoms with Gasteiger partial charge in [-0.3, -0.25) is 9.69 Å². The van der Waals surface area contributed by atoms with Gasteiger partial charge in [-0.1, -0.05) is 29.8 Å². The summed E-state index contributed by atoms with van der Waals surface area (Å²) in [4.78, 5) is 14.9. The number of thiocarbonyl (C=S) groups is 1. The fraction of sp³-hybridized carbons (Fsp3) is 0.125. The van der Waals surface area contributed by atoms with Crippen molar-refractivity contribution in [2.24, 2.45) is 0 Å². The molecule has 3 rings (SSSR count). The Bertz CT molecular complexity index is 764. The van der Waals surface area contributed by atoms with E-state index in [4.69, 9.17) is 23.8 Å². The molecule has 1 N–H and O–H groups in total. The van der Waals surface area contributed by atoms with Crippen molar-refractivity contribution in [2.75, 3.05) is 16.0 Å². The number of nitrogens with one attached hydrogen (secondary N) is 1. The first kappa shape index (κ1) is 15.3. The Balaban J connectivity index is 1.92. The lowest BCUT2D eigenvalue weighted by molar-refractivity contribution is -0.115. The first-order valence-electron chi connectivity index (χ1n) is 6.69. The zero-order valence-electron chi connectivity index (χ0n) is 11.8. The minimum absolute atomic E-state index is 0.0270. The third-order valence-electron chi connectivity index (χ3n) is 3.42. The molecule has 1 aliphatic rings. The second-order valence-electron chi connectivity index (χ2n) is 4.83. The van der Waals surface area contributed by atoms with Crippen molar-refractivity contribution in [3.05, 3.63) is 53.1 Å². The number of nitrogens with zero attached hydrogens (tertiary/aromatic N) is 1. The summed E-state index contributed by atoms with van der Waals surface area (Å²) in [6, 6.07) is 13.3. The third kappa shape index (κ3) is 2.84. The van der Waals surface area contributed by atoms with Crippen molar-refractivity contribution in [2.45, 2.75) is 11.8 Å². The van der Waals surface area contributed by atoms with Crippen LogP contribution in [0, 0.1) is 6.92 Å². The number of benzene rings is 2. The van der Waals surface area contributed by atoms with Crippen LogP contribution < -0.4 is 10.2 Å². The zero-order chi connectivity index (χ0) is 15.7. The first-order valence-corrected chi connectivity index (χ1v) is 8.46. The maximum absolute atomic E-state index is 12.3. The van der Waals surface area contributed by atoms with Crippen LogP contribution in [0.15, 0.2) is 47.4 Å². The summed E-state index contributed by atoms with van der Waals surface area (Å²) in [5.74, 6) is 0.355. The Morgan fingerprint density at radius 1 is 1.27 bits per heavy atom. The van der Waals surface area contributed by atoms with Crippen LogP contribution in [-0.4, -0.2) is 16.8 Å². The third-order valence-corrected chi connectivity index (χ3v) is 5.16. The normalized spacial score (nSPS) is 13.7. The molecule has 6 heteroatoms. The van der Waals surface area contributed by atoms with Gasteiger partial charge in [-0.25, -0.2) is 0 Å². The van der Waals surface area contributed by atoms with Crippen LogP contribution in [0.2, 0.25) is 5.02 Å². The van der Waals surface area contributed by atoms with Crippen LogP contribution in [0.4, 0.5) is 11.4 Å². The van der Waals surface area contributed by atoms with Crippen LogP contribution in [0.25, 0.3) is 0 Å². The van der Waals surface area contributed by atoms with E-state index in [0.29, 0.717) is 15.9 Å². The smallest absolute Gasteiger partial charge is 0.243 e. The number of hydrogen-bond donors (Lipinski definition) is 1. The topological polar surface area (TPSA) is 32.3 Å². The van der Waals surface area contributed by atoms with E-state index in [9.17, 15) is 4.79 Å². The van der Waals surface area contributed by atoms with Crippen molar-refractivity contribution in [1.82, 2.24) is 0 Å². The number of anilines is 2. The van der Waals surface area contributed by atoms with E-state index in [0.717, 1.165) is 21.8 Å². The maximum atomic E-state index is 12.3. The van der Waals surface area contributed by atoms with Gasteiger partial charge >= 0.3 is 0 Å². The van der Waals surface area contributed by atoms with Gasteiger partial charge in [0.15, 0.2) is 5.11 Å². The largest absolute Gasteiger partial charge is 0.332 e. The molecule has 0 unspecified atom stereocenters. The molecule has 2 aromatic carbocycles. The molecule has 0 aromatic heterocycles. The SMILES string of the molecule is Cc1c(Cl)cccc1NC(=S)N1C(=O)CSc2ccccc21. The molecule has 0 saturated carbocycles. The highest BCUT2D eigenvalue weighted by molar-refractivity contribution is 8.00. The number of rotatable bonds is 1. The van der Waals surface area contributed by atoms with Gasteiger partial charge < -0.3 is 5.32 Å². The van der Waals surface area contributed by atoms with Crippen molar-refractivity contribution < 1.29 is 4.79 Å². The first-order chi connectivity index (χ1) is 10.6. The Morgan fingerprint density at radius 2 is 2.05 bits per heavy atom. The van der Waals surface area contributed by atoms with Crippen molar-refractivity contribution in [3.8, 4) is 0 Å². The molecule has 0 atom stereocenters. The summed E-state index contributed by atoms with van der Waals surface area (Å²) >= 11 is 13.1. The van der Waals surface area contributed by atoms with E-state index >= 15 is 0 Å². The fourth-order valence-corrected chi connectivity index (χ4v) is 3.61. The van der Waals surface area contributed by atoms with Gasteiger partial charge in [-0.15, -0.1) is 11.8 Å². The lowest BCUT2D eigenvalue weighted by Crippen LogP contribution is -2.43. The van der Waals surface area contributed by atoms with Gasteiger partial charge in [0.25, 0.3) is 0 Å². The summed E-state index contributed by atoms with van der Waals surface area (Å²) in [6.07, 6.45) is 0. The second kappa shape index (κ2) is 6.28. The predicted octanol–water partition coefficient (Wildman–Crippen LogP) is 4.48. The lowest BCUT2D eigenvalue weighted by atomic mass is 10.2. The van der Waals surface area contributed by atoms with Gasteiger partial charge in [-0.05, 0) is 49.0 Å². The number of para-hydroxylation sites is 1. The highest BCUT2D eigenvalue weighted by atomic mass is 35.5. The number of thioether (sulfide) groups is 1. The molecular formula is C16H13ClN2OS2. The second-order valence-corrected chi connectivity index (χ2v) is 6.64. The molecule has 0 radical (unpaired) electrons. The van der Waals surface area contributed by atoms with Crippen molar-refractivity contribution >= 4 is 58.0 Å². The molecule has 1 amide bonds. The maximum Gasteiger partial charge on any atom is 0.243 e. The monoisotopic (exact) mass is 348 g/mol. The van der Waals surface area contributed by atoms with Gasteiger partial charge in [0.2, 0.25) is 5.91 Å². The summed E-state index contributed by atoms with van der Waals surface area (Å²) < 4.78 is 0. The van der Waals surface area contributed by atoms with E-state index in [-0.39, 0.29) is 5.91 Å². The van der Waals surface area contributed by atoms with Gasteiger partial charge in [-0.2, -0.15) is 0 Å². The number of halogens is 1. The standard InChI is InChI=1S/C16H13ClN2OS2/c1-10-11(17)5-4-6-12(10)18-16(21)19-13-7-2-3-8-14(13)22-9-15(19)20/h2-8H,9H2,1H3,(H,18,21). The van der Waals surface area contributed by atoms with Crippen molar-refractivity contribution in [3.63, 3.8) is 0 Å². The molecule has 1 aliphatic heterocycles. The average Bonchev–Trinajstić information content (AvgIpc) is 2.51. The molecule has 0 spiro atoms. The number of hydrogen-bond acceptors (Lipinski definition) is 3. The zero-order valence-corrected chi connectivity index (χ0v) is 14.2. The van der Waals surface area contributed by atoms with Crippen LogP contribution in [0.1, 0.15) is 5.56 Å². The Hall–Kier alpha value is -1.56. The molecule has 2 aromatic rings. The van der Waals surface area contributed by atoms with Crippen LogP contribution in [-0.2, 0) is 4.79 Å². The number of fused-ring (bicyclic) bond motifs is 1. The Kier molecular flexibility index (Phi) is 4.38. The fourth-order valence-electron chi connectivity index (χ4n) is 2.24. The van der Waals surface area contributed by atoms with Crippen LogP contribution >= 0.6 is 35.6 Å². The van der Waals surface area contributed by atoms with E-state index in [1.165, 1.54) is 11.8 Å². The number of carbonyl (C=O) groups is 1. The van der Waals surface area contributed by atoms with Gasteiger partial charge in [0, 0.05) is 15.6 Å². The molecule has 0 saturated heterocycles. The predicted molar refractivity (Wildman–Crippen MR) is 97.1 cm³/mol. The Labute approximate surface area is 143 Å². The molecule has 0 aliphatic carbocycles. The Morgan fingerprint density at radius 3 is 2.86 bits per heavy atom. The quantitative estimate of drug-likeness (QED) is 0.770. The molecule has 3 nitrogen and oxygen atoms in total. The summed E-state index contributed by atoms with van der Waals surface area (Å²) in [5, 5.41) is 4.16. The average molecular weight is 349 g/mol. The minimum atomic E-state index is -0.0270. The molecule has 0 bridgehead atoms. The van der Waals surface area contributed by atoms with E-state index in [1.54, 1.807) is 4.90 Å². The number of carbonyl (C=O) groups excluding carboxylic acids is 1. The minimum Gasteiger partial charge on any atom is -0.332 e. The van der Waals surface area contributed by atoms with Gasteiger partial charge in [0.1, 0.15) is 0 Å².